The molecule has 4 radical (unpaired) electrons. The zero-order valence-electron chi connectivity index (χ0n) is 9.82. The van der Waals surface area contributed by atoms with E-state index in [4.69, 9.17) is 0 Å². The maximum Gasteiger partial charge on any atom is 0.0907 e. The van der Waals surface area contributed by atoms with E-state index < -0.39 is 0 Å². The number of benzene rings is 1. The minimum absolute atomic E-state index is 0. The average Bonchev–Trinajstić information content (AvgIpc) is 2.48. The first-order valence-electron chi connectivity index (χ1n) is 4.18. The second kappa shape index (κ2) is 10.8. The predicted octanol–water partition coefficient (Wildman–Crippen LogP) is 3.70. The first-order chi connectivity index (χ1) is 5.86. The van der Waals surface area contributed by atoms with E-state index in [1.165, 1.54) is 4.70 Å². The summed E-state index contributed by atoms with van der Waals surface area (Å²) in [5, 5.41) is 1.14. The van der Waals surface area contributed by atoms with Crippen molar-refractivity contribution in [2.24, 2.45) is 0 Å². The quantitative estimate of drug-likeness (QED) is 0.533. The van der Waals surface area contributed by atoms with Crippen molar-refractivity contribution in [2.45, 2.75) is 20.8 Å². The van der Waals surface area contributed by atoms with Crippen molar-refractivity contribution in [3.8, 4) is 0 Å². The maximum absolute atomic E-state index is 4.33. The molecule has 1 nitrogen and oxygen atoms in total. The Balaban J connectivity index is -0.000000273. The van der Waals surface area contributed by atoms with Crippen molar-refractivity contribution in [1.29, 1.82) is 0 Å². The van der Waals surface area contributed by atoms with Crippen LogP contribution in [0, 0.1) is 14.4 Å². The molecule has 0 atom stereocenters. The average molecular weight is 294 g/mol. The molecule has 0 aliphatic carbocycles. The Morgan fingerprint density at radius 2 is 1.67 bits per heavy atom. The van der Waals surface area contributed by atoms with Crippen molar-refractivity contribution >= 4 is 30.0 Å². The van der Waals surface area contributed by atoms with Gasteiger partial charge in [-0.15, -0.1) is 11.3 Å². The Labute approximate surface area is 124 Å². The van der Waals surface area contributed by atoms with Crippen LogP contribution in [0.4, 0.5) is 0 Å². The van der Waals surface area contributed by atoms with E-state index >= 15 is 0 Å². The molecule has 0 saturated carbocycles. The molecular weight excluding hydrogens is 278 g/mol. The second-order valence-electron chi connectivity index (χ2n) is 2.20. The zero-order chi connectivity index (χ0) is 8.97. The van der Waals surface area contributed by atoms with Gasteiger partial charge in [-0.05, 0) is 19.1 Å². The molecular formula is C11H16BNSY-. The van der Waals surface area contributed by atoms with Crippen molar-refractivity contribution in [3.63, 3.8) is 0 Å². The van der Waals surface area contributed by atoms with Crippen LogP contribution in [0.3, 0.4) is 0 Å². The van der Waals surface area contributed by atoms with Gasteiger partial charge in [0.1, 0.15) is 0 Å². The van der Waals surface area contributed by atoms with Gasteiger partial charge in [-0.1, -0.05) is 26.0 Å². The van der Waals surface area contributed by atoms with E-state index in [0.29, 0.717) is 0 Å². The fraction of sp³-hybridized carbons (Fsp3) is 0.273. The Morgan fingerprint density at radius 1 is 1.13 bits per heavy atom. The van der Waals surface area contributed by atoms with E-state index in [1.807, 2.05) is 39.0 Å². The van der Waals surface area contributed by atoms with Gasteiger partial charge in [-0.25, -0.2) is 4.98 Å². The summed E-state index contributed by atoms with van der Waals surface area (Å²) in [6, 6.07) is 8.19. The topological polar surface area (TPSA) is 12.9 Å². The van der Waals surface area contributed by atoms with Crippen molar-refractivity contribution in [2.75, 3.05) is 0 Å². The van der Waals surface area contributed by atoms with Crippen LogP contribution in [-0.4, -0.2) is 13.4 Å². The van der Waals surface area contributed by atoms with Crippen molar-refractivity contribution < 1.29 is 32.7 Å². The molecule has 0 aliphatic heterocycles. The Hall–Kier alpha value is 0.279. The molecule has 0 spiro atoms. The van der Waals surface area contributed by atoms with E-state index in [0.717, 1.165) is 10.5 Å². The monoisotopic (exact) mass is 294 g/mol. The van der Waals surface area contributed by atoms with Gasteiger partial charge in [0, 0.05) is 41.1 Å². The molecule has 0 fully saturated rings. The van der Waals surface area contributed by atoms with Gasteiger partial charge in [-0.3, -0.25) is 0 Å². The molecule has 0 amide bonds. The molecule has 2 aromatic rings. The van der Waals surface area contributed by atoms with Gasteiger partial charge in [-0.2, -0.15) is 0 Å². The summed E-state index contributed by atoms with van der Waals surface area (Å²) in [5.41, 5.74) is 1.12. The molecule has 0 bridgehead atoms. The molecule has 1 heterocycles. The third-order valence-electron chi connectivity index (χ3n) is 1.40. The van der Waals surface area contributed by atoms with Crippen LogP contribution in [-0.2, 0) is 32.7 Å². The summed E-state index contributed by atoms with van der Waals surface area (Å²) in [6.07, 6.45) is 0. The van der Waals surface area contributed by atoms with Gasteiger partial charge < -0.3 is 7.43 Å². The number of rotatable bonds is 0. The number of hydrogen-bond acceptors (Lipinski definition) is 2. The van der Waals surface area contributed by atoms with Crippen LogP contribution in [0.1, 0.15) is 18.9 Å². The molecule has 0 N–H and O–H groups in total. The van der Waals surface area contributed by atoms with Crippen LogP contribution < -0.4 is 0 Å². The standard InChI is InChI=1S/C8H7NS.C2H6.CH3.B.Y/c1-6-9-7-4-2-3-5-8(7)10-6;1-2;;;/h2-5H,1H3;1-2H3;1H3;;/q;;-1;;. The molecule has 1 aromatic carbocycles. The zero-order valence-corrected chi connectivity index (χ0v) is 13.5. The minimum Gasteiger partial charge on any atom is -0.358 e. The van der Waals surface area contributed by atoms with E-state index in [9.17, 15) is 0 Å². The Kier molecular flexibility index (Phi) is 14.9. The second-order valence-corrected chi connectivity index (χ2v) is 3.44. The molecule has 15 heavy (non-hydrogen) atoms. The number of hydrogen-bond donors (Lipinski definition) is 0. The van der Waals surface area contributed by atoms with Crippen LogP contribution in [0.5, 0.6) is 0 Å². The number of aromatic nitrogens is 1. The predicted molar refractivity (Wildman–Crippen MR) is 67.9 cm³/mol. The summed E-state index contributed by atoms with van der Waals surface area (Å²) in [7, 11) is 0. The van der Waals surface area contributed by atoms with E-state index in [2.05, 4.69) is 11.1 Å². The third-order valence-corrected chi connectivity index (χ3v) is 2.35. The molecule has 0 unspecified atom stereocenters. The summed E-state index contributed by atoms with van der Waals surface area (Å²) in [5.74, 6) is 0. The van der Waals surface area contributed by atoms with Gasteiger partial charge in [0.05, 0.1) is 15.2 Å². The third kappa shape index (κ3) is 5.79. The van der Waals surface area contributed by atoms with Crippen LogP contribution >= 0.6 is 11.3 Å². The number of fused-ring (bicyclic) bond motifs is 1. The van der Waals surface area contributed by atoms with E-state index in [-0.39, 0.29) is 48.5 Å². The molecule has 0 saturated heterocycles. The summed E-state index contributed by atoms with van der Waals surface area (Å²) < 4.78 is 1.28. The number of aryl methyl sites for hydroxylation is 1. The summed E-state index contributed by atoms with van der Waals surface area (Å²) in [6.45, 7) is 6.03. The smallest absolute Gasteiger partial charge is 0.0907 e. The number of thiazole rings is 1. The largest absolute Gasteiger partial charge is 0.358 e. The normalized spacial score (nSPS) is 7.40. The Bertz CT molecular complexity index is 329. The van der Waals surface area contributed by atoms with Gasteiger partial charge in [0.2, 0.25) is 0 Å². The van der Waals surface area contributed by atoms with Crippen molar-refractivity contribution in [3.05, 3.63) is 36.7 Å². The molecule has 2 rings (SSSR count). The number of nitrogens with zero attached hydrogens (tertiary/aromatic N) is 1. The SMILES string of the molecule is CC.Cc1nc2ccccc2s1.[B].[CH3-].[Y]. The Morgan fingerprint density at radius 3 is 2.20 bits per heavy atom. The fourth-order valence-electron chi connectivity index (χ4n) is 0.987. The van der Waals surface area contributed by atoms with Gasteiger partial charge in [0.25, 0.3) is 0 Å². The molecule has 0 aliphatic rings. The fourth-order valence-corrected chi connectivity index (χ4v) is 1.81. The summed E-state index contributed by atoms with van der Waals surface area (Å²) in [4.78, 5) is 4.33. The van der Waals surface area contributed by atoms with Crippen LogP contribution in [0.2, 0.25) is 0 Å². The molecule has 4 heteroatoms. The molecule has 78 valence electrons. The van der Waals surface area contributed by atoms with Crippen LogP contribution in [0.15, 0.2) is 24.3 Å². The molecule has 1 aromatic heterocycles. The maximum atomic E-state index is 4.33. The van der Waals surface area contributed by atoms with Crippen LogP contribution in [0.25, 0.3) is 10.2 Å². The van der Waals surface area contributed by atoms with Gasteiger partial charge in [0.15, 0.2) is 0 Å². The minimum atomic E-state index is 0. The first-order valence-corrected chi connectivity index (χ1v) is 5.00. The summed E-state index contributed by atoms with van der Waals surface area (Å²) >= 11 is 1.74. The van der Waals surface area contributed by atoms with E-state index in [1.54, 1.807) is 11.3 Å². The number of para-hydroxylation sites is 1. The van der Waals surface area contributed by atoms with Gasteiger partial charge >= 0.3 is 0 Å². The first kappa shape index (κ1) is 20.7. The van der Waals surface area contributed by atoms with Crippen molar-refractivity contribution in [1.82, 2.24) is 4.98 Å².